The normalized spacial score (nSPS) is 13.0. The van der Waals surface area contributed by atoms with Crippen LogP contribution >= 0.6 is 11.3 Å². The summed E-state index contributed by atoms with van der Waals surface area (Å²) in [5.41, 5.74) is 6.01. The van der Waals surface area contributed by atoms with Gasteiger partial charge in [0, 0.05) is 5.56 Å². The van der Waals surface area contributed by atoms with Gasteiger partial charge in [-0.1, -0.05) is 6.07 Å². The molecule has 1 heterocycles. The first-order valence-electron chi connectivity index (χ1n) is 8.02. The average Bonchev–Trinajstić information content (AvgIpc) is 3.21. The van der Waals surface area contributed by atoms with Gasteiger partial charge in [0.25, 0.3) is 0 Å². The molecule has 0 saturated heterocycles. The first-order valence-corrected chi connectivity index (χ1v) is 8.90. The van der Waals surface area contributed by atoms with E-state index in [1.807, 2.05) is 18.4 Å². The second-order valence-electron chi connectivity index (χ2n) is 6.26. The number of allylic oxidation sites excluding steroid dienone is 1. The van der Waals surface area contributed by atoms with E-state index in [4.69, 9.17) is 0 Å². The predicted molar refractivity (Wildman–Crippen MR) is 99.6 cm³/mol. The number of aryl methyl sites for hydroxylation is 1. The average molecular weight is 363 g/mol. The zero-order valence-electron chi connectivity index (χ0n) is 13.9. The van der Waals surface area contributed by atoms with E-state index in [1.165, 1.54) is 23.5 Å². The van der Waals surface area contributed by atoms with E-state index in [2.05, 4.69) is 6.07 Å². The third-order valence-corrected chi connectivity index (χ3v) is 5.53. The lowest BCUT2D eigenvalue weighted by atomic mass is 9.94. The fourth-order valence-electron chi connectivity index (χ4n) is 3.52. The molecule has 128 valence electrons. The van der Waals surface area contributed by atoms with Crippen molar-refractivity contribution in [1.29, 1.82) is 5.26 Å². The molecular formula is C21H14FNO2S. The maximum Gasteiger partial charge on any atom is 0.165 e. The molecular weight excluding hydrogens is 349 g/mol. The molecule has 5 heteroatoms. The van der Waals surface area contributed by atoms with Crippen LogP contribution in [-0.4, -0.2) is 10.2 Å². The molecule has 0 saturated carbocycles. The van der Waals surface area contributed by atoms with Crippen molar-refractivity contribution in [3.8, 4) is 17.6 Å². The highest BCUT2D eigenvalue weighted by molar-refractivity contribution is 7.10. The topological polar surface area (TPSA) is 64.2 Å². The first-order chi connectivity index (χ1) is 12.5. The second-order valence-corrected chi connectivity index (χ2v) is 7.18. The molecule has 26 heavy (non-hydrogen) atoms. The third kappa shape index (κ3) is 2.47. The Kier molecular flexibility index (Phi) is 3.78. The molecule has 0 aliphatic heterocycles. The van der Waals surface area contributed by atoms with Gasteiger partial charge in [-0.25, -0.2) is 4.39 Å². The van der Waals surface area contributed by atoms with Crippen LogP contribution in [0, 0.1) is 24.1 Å². The molecule has 1 aliphatic rings. The number of halogens is 1. The highest BCUT2D eigenvalue weighted by atomic mass is 32.1. The number of benzene rings is 2. The number of rotatable bonds is 2. The van der Waals surface area contributed by atoms with Gasteiger partial charge in [0.2, 0.25) is 0 Å². The van der Waals surface area contributed by atoms with E-state index in [-0.39, 0.29) is 5.75 Å². The van der Waals surface area contributed by atoms with Crippen molar-refractivity contribution in [2.45, 2.75) is 13.3 Å². The summed E-state index contributed by atoms with van der Waals surface area (Å²) < 4.78 is 14.0. The van der Waals surface area contributed by atoms with Crippen LogP contribution in [0.15, 0.2) is 41.8 Å². The van der Waals surface area contributed by atoms with Gasteiger partial charge in [0.1, 0.15) is 16.7 Å². The second kappa shape index (κ2) is 6.01. The number of aromatic hydroxyl groups is 2. The Morgan fingerprint density at radius 1 is 1.12 bits per heavy atom. The molecule has 0 spiro atoms. The van der Waals surface area contributed by atoms with Crippen molar-refractivity contribution in [2.24, 2.45) is 0 Å². The summed E-state index contributed by atoms with van der Waals surface area (Å²) >= 11 is 1.35. The number of nitrogens with zero attached hydrogens (tertiary/aromatic N) is 1. The Balaban J connectivity index is 2.03. The largest absolute Gasteiger partial charge is 0.508 e. The molecule has 0 amide bonds. The molecule has 0 bridgehead atoms. The molecule has 3 nitrogen and oxygen atoms in total. The minimum atomic E-state index is -0.685. The van der Waals surface area contributed by atoms with Crippen LogP contribution in [0.1, 0.15) is 32.7 Å². The van der Waals surface area contributed by atoms with E-state index in [0.717, 1.165) is 33.4 Å². The minimum Gasteiger partial charge on any atom is -0.508 e. The number of phenolic OH excluding ortho intramolecular Hbond substituents is 2. The fraction of sp³-hybridized carbons (Fsp3) is 0.0952. The van der Waals surface area contributed by atoms with Crippen LogP contribution in [-0.2, 0) is 6.42 Å². The van der Waals surface area contributed by atoms with Crippen LogP contribution in [0.2, 0.25) is 0 Å². The number of fused-ring (bicyclic) bond motifs is 1. The van der Waals surface area contributed by atoms with Crippen LogP contribution in [0.5, 0.6) is 11.5 Å². The molecule has 4 rings (SSSR count). The van der Waals surface area contributed by atoms with Gasteiger partial charge in [-0.15, -0.1) is 11.3 Å². The molecule has 0 atom stereocenters. The number of thiophene rings is 1. The number of hydrogen-bond acceptors (Lipinski definition) is 4. The molecule has 1 aromatic heterocycles. The highest BCUT2D eigenvalue weighted by Gasteiger charge is 2.28. The van der Waals surface area contributed by atoms with E-state index >= 15 is 0 Å². The Labute approximate surface area is 153 Å². The molecule has 2 N–H and O–H groups in total. The Morgan fingerprint density at radius 3 is 2.65 bits per heavy atom. The maximum absolute atomic E-state index is 14.0. The van der Waals surface area contributed by atoms with Crippen LogP contribution in [0.4, 0.5) is 4.39 Å². The van der Waals surface area contributed by atoms with Gasteiger partial charge < -0.3 is 10.2 Å². The standard InChI is InChI=1S/C21H14FNO2S/c1-11-6-13(24)8-17-15(11)9-16(12-2-3-19(25)18(22)7-12)21(17)14-4-5-26-20(14)10-23/h2-8,24-25H,9H2,1H3. The van der Waals surface area contributed by atoms with Crippen molar-refractivity contribution in [3.63, 3.8) is 0 Å². The third-order valence-electron chi connectivity index (χ3n) is 4.71. The van der Waals surface area contributed by atoms with Gasteiger partial charge in [-0.2, -0.15) is 5.26 Å². The SMILES string of the molecule is Cc1cc(O)cc2c1CC(c1ccc(O)c(F)c1)=C2c1ccsc1C#N. The summed E-state index contributed by atoms with van der Waals surface area (Å²) in [5.74, 6) is -0.921. The van der Waals surface area contributed by atoms with Gasteiger partial charge in [0.15, 0.2) is 11.6 Å². The lowest BCUT2D eigenvalue weighted by molar-refractivity contribution is 0.432. The maximum atomic E-state index is 14.0. The Bertz CT molecular complexity index is 1120. The monoisotopic (exact) mass is 363 g/mol. The molecule has 0 unspecified atom stereocenters. The molecule has 0 fully saturated rings. The molecule has 2 aromatic carbocycles. The van der Waals surface area contributed by atoms with E-state index in [9.17, 15) is 19.9 Å². The molecule has 1 aliphatic carbocycles. The number of phenols is 2. The first kappa shape index (κ1) is 16.4. The van der Waals surface area contributed by atoms with E-state index in [0.29, 0.717) is 16.9 Å². The van der Waals surface area contributed by atoms with Crippen molar-refractivity contribution in [2.75, 3.05) is 0 Å². The molecule has 0 radical (unpaired) electrons. The van der Waals surface area contributed by atoms with Crippen molar-refractivity contribution >= 4 is 22.5 Å². The summed E-state index contributed by atoms with van der Waals surface area (Å²) in [6.07, 6.45) is 0.571. The van der Waals surface area contributed by atoms with Crippen molar-refractivity contribution < 1.29 is 14.6 Å². The van der Waals surface area contributed by atoms with E-state index < -0.39 is 11.6 Å². The number of hydrogen-bond donors (Lipinski definition) is 2. The Morgan fingerprint density at radius 2 is 1.92 bits per heavy atom. The fourth-order valence-corrected chi connectivity index (χ4v) is 4.21. The van der Waals surface area contributed by atoms with Crippen LogP contribution < -0.4 is 0 Å². The zero-order chi connectivity index (χ0) is 18.4. The predicted octanol–water partition coefficient (Wildman–Crippen LogP) is 4.99. The number of nitriles is 1. The minimum absolute atomic E-state index is 0.158. The summed E-state index contributed by atoms with van der Waals surface area (Å²) in [6.45, 7) is 1.93. The lowest BCUT2D eigenvalue weighted by Gasteiger charge is -2.10. The summed E-state index contributed by atoms with van der Waals surface area (Å²) in [4.78, 5) is 0.575. The summed E-state index contributed by atoms with van der Waals surface area (Å²) in [6, 6.07) is 11.8. The van der Waals surface area contributed by atoms with E-state index in [1.54, 1.807) is 18.2 Å². The van der Waals surface area contributed by atoms with Gasteiger partial charge >= 0.3 is 0 Å². The quantitative estimate of drug-likeness (QED) is 0.674. The molecule has 3 aromatic rings. The van der Waals surface area contributed by atoms with Gasteiger partial charge in [-0.05, 0) is 82.5 Å². The van der Waals surface area contributed by atoms with Crippen molar-refractivity contribution in [3.05, 3.63) is 80.3 Å². The highest BCUT2D eigenvalue weighted by Crippen LogP contribution is 2.46. The van der Waals surface area contributed by atoms with Crippen LogP contribution in [0.25, 0.3) is 11.1 Å². The van der Waals surface area contributed by atoms with Crippen LogP contribution in [0.3, 0.4) is 0 Å². The lowest BCUT2D eigenvalue weighted by Crippen LogP contribution is -1.91. The smallest absolute Gasteiger partial charge is 0.165 e. The summed E-state index contributed by atoms with van der Waals surface area (Å²) in [5, 5.41) is 30.9. The summed E-state index contributed by atoms with van der Waals surface area (Å²) in [7, 11) is 0. The zero-order valence-corrected chi connectivity index (χ0v) is 14.7. The van der Waals surface area contributed by atoms with Gasteiger partial charge in [0.05, 0.1) is 0 Å². The van der Waals surface area contributed by atoms with Gasteiger partial charge in [-0.3, -0.25) is 0 Å². The van der Waals surface area contributed by atoms with Crippen molar-refractivity contribution in [1.82, 2.24) is 0 Å². The Hall–Kier alpha value is -3.10.